The molecule has 0 unspecified atom stereocenters. The number of anilines is 6. The van der Waals surface area contributed by atoms with Gasteiger partial charge in [0.1, 0.15) is 22.3 Å². The Morgan fingerprint density at radius 3 is 0.833 bits per heavy atom. The lowest BCUT2D eigenvalue weighted by atomic mass is 9.81. The van der Waals surface area contributed by atoms with Crippen molar-refractivity contribution in [2.45, 2.75) is 38.5 Å². The molecule has 0 atom stereocenters. The molecule has 566 valence electrons. The second-order valence-corrected chi connectivity index (χ2v) is 33.4. The Morgan fingerprint density at radius 1 is 0.158 bits per heavy atom. The van der Waals surface area contributed by atoms with Gasteiger partial charge in [0, 0.05) is 66.5 Å². The number of para-hydroxylation sites is 2. The molecule has 0 spiro atoms. The standard InChI is InChI=1S/C116H80N2O2/c1-115(2)107-27-15-12-24-99(107)101-60-57-89(71-109(101)115)117(87-53-42-80(43-54-87)91-62-64-93(97-22-10-8-20-95(91)97)83-47-66-113-105(68-83)103-25-13-16-28-111(103)119-113)86-51-40-78(41-52-86)76-32-30-74(31-33-76)75-34-36-79(37-35-75)82-46-59-100-102-61-58-90(72-110(102)116(3,4)108(100)70-82)118(85-49-38-77(39-50-85)73-18-6-5-7-19-73)88-55-44-81(45-56-88)92-63-65-94(98-23-11-9-21-96(92)98)84-48-67-114-106(69-84)104-26-14-17-29-112(104)120-114/h5-72H,1-4H3. The van der Waals surface area contributed by atoms with Crippen molar-refractivity contribution in [2.24, 2.45) is 0 Å². The number of benzene rings is 19. The Morgan fingerprint density at radius 2 is 0.417 bits per heavy atom. The molecule has 0 radical (unpaired) electrons. The van der Waals surface area contributed by atoms with Crippen molar-refractivity contribution >= 4 is 99.5 Å². The van der Waals surface area contributed by atoms with Crippen LogP contribution in [0.2, 0.25) is 0 Å². The number of hydrogen-bond acceptors (Lipinski definition) is 4. The molecular weight excluding hydrogens is 1450 g/mol. The summed E-state index contributed by atoms with van der Waals surface area (Å²) >= 11 is 0. The lowest BCUT2D eigenvalue weighted by Crippen LogP contribution is -2.16. The van der Waals surface area contributed by atoms with Gasteiger partial charge in [0.15, 0.2) is 0 Å². The first kappa shape index (κ1) is 70.3. The van der Waals surface area contributed by atoms with Crippen LogP contribution in [0.25, 0.3) is 177 Å². The molecule has 2 heterocycles. The van der Waals surface area contributed by atoms with Crippen molar-refractivity contribution in [1.82, 2.24) is 0 Å². The zero-order valence-electron chi connectivity index (χ0n) is 67.0. The van der Waals surface area contributed by atoms with E-state index in [1.54, 1.807) is 0 Å². The molecule has 0 saturated carbocycles. The monoisotopic (exact) mass is 1530 g/mol. The highest BCUT2D eigenvalue weighted by molar-refractivity contribution is 6.12. The van der Waals surface area contributed by atoms with Crippen LogP contribution in [0.4, 0.5) is 34.1 Å². The molecule has 0 saturated heterocycles. The van der Waals surface area contributed by atoms with Crippen molar-refractivity contribution in [3.05, 3.63) is 435 Å². The molecule has 21 aromatic rings. The second-order valence-electron chi connectivity index (χ2n) is 33.4. The fourth-order valence-electron chi connectivity index (χ4n) is 19.7. The van der Waals surface area contributed by atoms with Crippen molar-refractivity contribution < 1.29 is 8.83 Å². The summed E-state index contributed by atoms with van der Waals surface area (Å²) in [6, 6.07) is 152. The van der Waals surface area contributed by atoms with E-state index in [9.17, 15) is 0 Å². The highest BCUT2D eigenvalue weighted by atomic mass is 16.3. The first-order valence-corrected chi connectivity index (χ1v) is 41.6. The van der Waals surface area contributed by atoms with Crippen LogP contribution >= 0.6 is 0 Å². The quantitative estimate of drug-likeness (QED) is 0.109. The Labute approximate surface area is 698 Å². The summed E-state index contributed by atoms with van der Waals surface area (Å²) in [6.45, 7) is 9.51. The summed E-state index contributed by atoms with van der Waals surface area (Å²) in [4.78, 5) is 4.84. The average Bonchev–Trinajstić information content (AvgIpc) is 1.57. The molecule has 2 aliphatic rings. The molecule has 0 amide bonds. The lowest BCUT2D eigenvalue weighted by molar-refractivity contribution is 0.660. The van der Waals surface area contributed by atoms with Gasteiger partial charge in [0.25, 0.3) is 0 Å². The molecule has 2 aromatic heterocycles. The van der Waals surface area contributed by atoms with Crippen LogP contribution in [0.15, 0.2) is 421 Å². The predicted octanol–water partition coefficient (Wildman–Crippen LogP) is 32.7. The zero-order chi connectivity index (χ0) is 79.9. The first-order valence-electron chi connectivity index (χ1n) is 41.6. The molecule has 2 aliphatic carbocycles. The second kappa shape index (κ2) is 27.8. The summed E-state index contributed by atoms with van der Waals surface area (Å²) in [7, 11) is 0. The SMILES string of the molecule is CC1(C)c2ccccc2-c2ccc(N(c3ccc(-c4ccc(-c5ccc(-c6ccc7c(c6)C(C)(C)c6cc(N(c8ccc(-c9ccccc9)cc8)c8ccc(-c9ccc(-c%10ccc%11oc%12ccccc%12c%11c%10)c%10ccccc9%10)cc8)ccc6-7)cc5)cc4)cc3)c3ccc(-c4ccc(-c5ccc6oc7ccccc7c6c5)c5ccccc45)cc3)cc21. The summed E-state index contributed by atoms with van der Waals surface area (Å²) in [5.74, 6) is 0. The third-order valence-corrected chi connectivity index (χ3v) is 26.0. The normalized spacial score (nSPS) is 13.0. The van der Waals surface area contributed by atoms with E-state index >= 15 is 0 Å². The molecule has 4 nitrogen and oxygen atoms in total. The molecule has 23 rings (SSSR count). The van der Waals surface area contributed by atoms with E-state index in [1.165, 1.54) is 138 Å². The van der Waals surface area contributed by atoms with Crippen LogP contribution in [0, 0.1) is 0 Å². The van der Waals surface area contributed by atoms with Gasteiger partial charge in [-0.25, -0.2) is 0 Å². The van der Waals surface area contributed by atoms with E-state index in [4.69, 9.17) is 8.83 Å². The number of fused-ring (bicyclic) bond motifs is 14. The molecule has 19 aromatic carbocycles. The Bertz CT molecular complexity index is 7660. The maximum atomic E-state index is 6.24. The van der Waals surface area contributed by atoms with Crippen LogP contribution in [0.5, 0.6) is 0 Å². The van der Waals surface area contributed by atoms with E-state index in [2.05, 4.69) is 426 Å². The van der Waals surface area contributed by atoms with Crippen LogP contribution in [0.1, 0.15) is 49.9 Å². The van der Waals surface area contributed by atoms with E-state index in [0.717, 1.165) is 94.7 Å². The number of furan rings is 2. The summed E-state index contributed by atoms with van der Waals surface area (Å²) in [6.07, 6.45) is 0. The molecule has 0 aliphatic heterocycles. The fraction of sp³-hybridized carbons (Fsp3) is 0.0517. The van der Waals surface area contributed by atoms with E-state index < -0.39 is 0 Å². The number of nitrogens with zero attached hydrogens (tertiary/aromatic N) is 2. The first-order chi connectivity index (χ1) is 58.9. The third kappa shape index (κ3) is 11.6. The Hall–Kier alpha value is -15.1. The topological polar surface area (TPSA) is 32.8 Å². The van der Waals surface area contributed by atoms with Crippen LogP contribution in [-0.4, -0.2) is 0 Å². The van der Waals surface area contributed by atoms with Gasteiger partial charge in [-0.3, -0.25) is 0 Å². The highest BCUT2D eigenvalue weighted by Crippen LogP contribution is 2.55. The van der Waals surface area contributed by atoms with Crippen molar-refractivity contribution in [3.8, 4) is 111 Å². The van der Waals surface area contributed by atoms with Gasteiger partial charge in [-0.05, 0) is 270 Å². The van der Waals surface area contributed by atoms with Crippen molar-refractivity contribution in [1.29, 1.82) is 0 Å². The van der Waals surface area contributed by atoms with Crippen LogP contribution < -0.4 is 9.80 Å². The fourth-order valence-corrected chi connectivity index (χ4v) is 19.7. The maximum Gasteiger partial charge on any atom is 0.135 e. The van der Waals surface area contributed by atoms with Gasteiger partial charge in [-0.15, -0.1) is 0 Å². The molecule has 0 N–H and O–H groups in total. The van der Waals surface area contributed by atoms with Gasteiger partial charge in [-0.2, -0.15) is 0 Å². The van der Waals surface area contributed by atoms with Gasteiger partial charge in [-0.1, -0.05) is 325 Å². The van der Waals surface area contributed by atoms with Gasteiger partial charge >= 0.3 is 0 Å². The van der Waals surface area contributed by atoms with Gasteiger partial charge < -0.3 is 18.6 Å². The minimum absolute atomic E-state index is 0.159. The van der Waals surface area contributed by atoms with Crippen LogP contribution in [0.3, 0.4) is 0 Å². The largest absolute Gasteiger partial charge is 0.456 e. The van der Waals surface area contributed by atoms with E-state index in [1.807, 2.05) is 24.3 Å². The zero-order valence-corrected chi connectivity index (χ0v) is 67.0. The molecule has 120 heavy (non-hydrogen) atoms. The Kier molecular flexibility index (Phi) is 16.3. The smallest absolute Gasteiger partial charge is 0.135 e. The molecular formula is C116H80N2O2. The van der Waals surface area contributed by atoms with E-state index in [0.29, 0.717) is 0 Å². The third-order valence-electron chi connectivity index (χ3n) is 26.0. The lowest BCUT2D eigenvalue weighted by Gasteiger charge is -2.28. The van der Waals surface area contributed by atoms with Gasteiger partial charge in [0.2, 0.25) is 0 Å². The number of hydrogen-bond donors (Lipinski definition) is 0. The summed E-state index contributed by atoms with van der Waals surface area (Å²) in [5, 5.41) is 9.38. The van der Waals surface area contributed by atoms with Crippen molar-refractivity contribution in [3.63, 3.8) is 0 Å². The minimum Gasteiger partial charge on any atom is -0.456 e. The molecule has 4 heteroatoms. The Balaban J connectivity index is 0.513. The average molecular weight is 1530 g/mol. The highest BCUT2D eigenvalue weighted by Gasteiger charge is 2.38. The summed E-state index contributed by atoms with van der Waals surface area (Å²) in [5.41, 5.74) is 39.2. The predicted molar refractivity (Wildman–Crippen MR) is 504 cm³/mol. The van der Waals surface area contributed by atoms with Crippen LogP contribution in [-0.2, 0) is 10.8 Å². The summed E-state index contributed by atoms with van der Waals surface area (Å²) < 4.78 is 12.5. The van der Waals surface area contributed by atoms with Gasteiger partial charge in [0.05, 0.1) is 0 Å². The minimum atomic E-state index is -0.280. The van der Waals surface area contributed by atoms with E-state index in [-0.39, 0.29) is 10.8 Å². The number of rotatable bonds is 14. The maximum absolute atomic E-state index is 6.24. The molecule has 0 fully saturated rings. The van der Waals surface area contributed by atoms with Crippen molar-refractivity contribution in [2.75, 3.05) is 9.80 Å². The molecule has 0 bridgehead atoms.